The van der Waals surface area contributed by atoms with Crippen molar-refractivity contribution in [2.75, 3.05) is 6.26 Å². The van der Waals surface area contributed by atoms with Crippen LogP contribution in [-0.4, -0.2) is 17.2 Å². The van der Waals surface area contributed by atoms with E-state index < -0.39 is 10.9 Å². The Morgan fingerprint density at radius 3 is 2.43 bits per heavy atom. The lowest BCUT2D eigenvalue weighted by molar-refractivity contribution is -0.128. The van der Waals surface area contributed by atoms with Gasteiger partial charge in [0, 0.05) is 0 Å². The zero-order valence-corrected chi connectivity index (χ0v) is 8.58. The Hall–Kier alpha value is -1.35. The minimum atomic E-state index is -0.471. The first-order chi connectivity index (χ1) is 6.74. The molecule has 0 aliphatic rings. The second kappa shape index (κ2) is 5.40. The molecule has 0 fully saturated rings. The van der Waals surface area contributed by atoms with Crippen molar-refractivity contribution >= 4 is 28.7 Å². The number of hydrogen-bond donors (Lipinski definition) is 0. The van der Waals surface area contributed by atoms with E-state index in [0.717, 1.165) is 17.3 Å². The van der Waals surface area contributed by atoms with Crippen molar-refractivity contribution in [2.24, 2.45) is 0 Å². The molecular formula is C11H10O2S. The van der Waals surface area contributed by atoms with Crippen molar-refractivity contribution in [3.8, 4) is 0 Å². The molecule has 0 N–H and O–H groups in total. The third kappa shape index (κ3) is 3.18. The number of rotatable bonds is 3. The summed E-state index contributed by atoms with van der Waals surface area (Å²) in [6, 6.07) is 9.38. The number of carbonyl (C=O) groups is 2. The molecular weight excluding hydrogens is 196 g/mol. The van der Waals surface area contributed by atoms with Gasteiger partial charge in [-0.15, -0.1) is 0 Å². The van der Waals surface area contributed by atoms with Crippen molar-refractivity contribution in [1.82, 2.24) is 0 Å². The highest BCUT2D eigenvalue weighted by atomic mass is 32.2. The van der Waals surface area contributed by atoms with Gasteiger partial charge in [-0.25, -0.2) is 0 Å². The predicted octanol–water partition coefficient (Wildman–Crippen LogP) is 2.16. The Balaban J connectivity index is 2.65. The molecule has 0 unspecified atom stereocenters. The van der Waals surface area contributed by atoms with Gasteiger partial charge in [0.05, 0.1) is 0 Å². The van der Waals surface area contributed by atoms with Crippen molar-refractivity contribution in [1.29, 1.82) is 0 Å². The van der Waals surface area contributed by atoms with E-state index in [1.165, 1.54) is 6.08 Å². The average molecular weight is 206 g/mol. The Bertz CT molecular complexity index is 355. The first kappa shape index (κ1) is 10.7. The van der Waals surface area contributed by atoms with Crippen LogP contribution in [0.25, 0.3) is 6.08 Å². The Kier molecular flexibility index (Phi) is 4.13. The van der Waals surface area contributed by atoms with E-state index in [1.54, 1.807) is 12.3 Å². The summed E-state index contributed by atoms with van der Waals surface area (Å²) in [6.07, 6.45) is 4.53. The van der Waals surface area contributed by atoms with Crippen LogP contribution in [0.5, 0.6) is 0 Å². The van der Waals surface area contributed by atoms with E-state index in [1.807, 2.05) is 30.3 Å². The molecule has 0 aliphatic carbocycles. The smallest absolute Gasteiger partial charge is 0.259 e. The van der Waals surface area contributed by atoms with Gasteiger partial charge in [-0.3, -0.25) is 9.59 Å². The van der Waals surface area contributed by atoms with Gasteiger partial charge >= 0.3 is 0 Å². The van der Waals surface area contributed by atoms with Crippen LogP contribution in [0.2, 0.25) is 0 Å². The van der Waals surface area contributed by atoms with Crippen molar-refractivity contribution in [3.63, 3.8) is 0 Å². The highest BCUT2D eigenvalue weighted by Crippen LogP contribution is 2.03. The molecule has 0 saturated carbocycles. The second-order valence-electron chi connectivity index (χ2n) is 2.60. The largest absolute Gasteiger partial charge is 0.285 e. The lowest BCUT2D eigenvalue weighted by atomic mass is 10.2. The summed E-state index contributed by atoms with van der Waals surface area (Å²) < 4.78 is 0. The zero-order chi connectivity index (χ0) is 10.4. The fourth-order valence-corrected chi connectivity index (χ4v) is 1.17. The Morgan fingerprint density at radius 1 is 1.21 bits per heavy atom. The van der Waals surface area contributed by atoms with Gasteiger partial charge in [-0.1, -0.05) is 48.2 Å². The van der Waals surface area contributed by atoms with Gasteiger partial charge < -0.3 is 0 Å². The number of allylic oxidation sites excluding steroid dienone is 1. The van der Waals surface area contributed by atoms with Crippen LogP contribution in [0.3, 0.4) is 0 Å². The van der Waals surface area contributed by atoms with E-state index in [-0.39, 0.29) is 0 Å². The molecule has 0 radical (unpaired) electrons. The van der Waals surface area contributed by atoms with Crippen molar-refractivity contribution in [2.45, 2.75) is 0 Å². The second-order valence-corrected chi connectivity index (χ2v) is 3.38. The Labute approximate surface area is 87.0 Å². The number of thioether (sulfide) groups is 1. The normalized spacial score (nSPS) is 10.4. The highest BCUT2D eigenvalue weighted by Gasteiger charge is 2.06. The van der Waals surface area contributed by atoms with Crippen LogP contribution >= 0.6 is 11.8 Å². The average Bonchev–Trinajstić information content (AvgIpc) is 2.26. The molecule has 0 aliphatic heterocycles. The van der Waals surface area contributed by atoms with E-state index in [2.05, 4.69) is 0 Å². The van der Waals surface area contributed by atoms with Crippen LogP contribution in [0.4, 0.5) is 0 Å². The van der Waals surface area contributed by atoms with Gasteiger partial charge in [-0.05, 0) is 17.9 Å². The van der Waals surface area contributed by atoms with Gasteiger partial charge in [0.15, 0.2) is 0 Å². The maximum atomic E-state index is 11.1. The maximum Gasteiger partial charge on any atom is 0.259 e. The molecule has 0 spiro atoms. The lowest BCUT2D eigenvalue weighted by Crippen LogP contribution is -2.04. The molecule has 1 aromatic carbocycles. The zero-order valence-electron chi connectivity index (χ0n) is 7.77. The summed E-state index contributed by atoms with van der Waals surface area (Å²) in [6.45, 7) is 0. The van der Waals surface area contributed by atoms with Crippen LogP contribution in [0, 0.1) is 0 Å². The van der Waals surface area contributed by atoms with Gasteiger partial charge in [0.2, 0.25) is 5.78 Å². The summed E-state index contributed by atoms with van der Waals surface area (Å²) >= 11 is 0.928. The number of ketones is 1. The quantitative estimate of drug-likeness (QED) is 0.561. The topological polar surface area (TPSA) is 34.1 Å². The molecule has 1 aromatic rings. The molecule has 0 aromatic heterocycles. The van der Waals surface area contributed by atoms with Crippen LogP contribution in [0.1, 0.15) is 5.56 Å². The van der Waals surface area contributed by atoms with E-state index in [9.17, 15) is 9.59 Å². The monoisotopic (exact) mass is 206 g/mol. The molecule has 0 heterocycles. The van der Waals surface area contributed by atoms with E-state index >= 15 is 0 Å². The van der Waals surface area contributed by atoms with E-state index in [0.29, 0.717) is 0 Å². The lowest BCUT2D eigenvalue weighted by Gasteiger charge is -1.90. The first-order valence-electron chi connectivity index (χ1n) is 4.09. The van der Waals surface area contributed by atoms with Gasteiger partial charge in [-0.2, -0.15) is 0 Å². The summed E-state index contributed by atoms with van der Waals surface area (Å²) in [5.41, 5.74) is 0.912. The van der Waals surface area contributed by atoms with Crippen molar-refractivity contribution in [3.05, 3.63) is 42.0 Å². The summed E-state index contributed by atoms with van der Waals surface area (Å²) in [4.78, 5) is 22.0. The maximum absolute atomic E-state index is 11.1. The highest BCUT2D eigenvalue weighted by molar-refractivity contribution is 8.14. The standard InChI is InChI=1S/C11H10O2S/c1-14-11(13)10(12)8-7-9-5-3-2-4-6-9/h2-8H,1H3/b8-7+. The molecule has 0 amide bonds. The summed E-state index contributed by atoms with van der Waals surface area (Å²) in [5, 5.41) is -0.433. The third-order valence-electron chi connectivity index (χ3n) is 1.61. The summed E-state index contributed by atoms with van der Waals surface area (Å²) in [5.74, 6) is -0.471. The number of carbonyl (C=O) groups excluding carboxylic acids is 2. The molecule has 14 heavy (non-hydrogen) atoms. The molecule has 2 nitrogen and oxygen atoms in total. The Morgan fingerprint density at radius 2 is 1.86 bits per heavy atom. The van der Waals surface area contributed by atoms with Gasteiger partial charge in [0.25, 0.3) is 5.12 Å². The van der Waals surface area contributed by atoms with Crippen LogP contribution in [0.15, 0.2) is 36.4 Å². The molecule has 0 atom stereocenters. The number of benzene rings is 1. The fourth-order valence-electron chi connectivity index (χ4n) is 0.905. The minimum Gasteiger partial charge on any atom is -0.285 e. The third-order valence-corrected chi connectivity index (χ3v) is 2.19. The molecule has 0 bridgehead atoms. The molecule has 0 saturated heterocycles. The number of hydrogen-bond acceptors (Lipinski definition) is 3. The molecule has 1 rings (SSSR count). The van der Waals surface area contributed by atoms with Crippen LogP contribution in [-0.2, 0) is 9.59 Å². The predicted molar refractivity (Wildman–Crippen MR) is 59.0 cm³/mol. The molecule has 3 heteroatoms. The summed E-state index contributed by atoms with van der Waals surface area (Å²) in [7, 11) is 0. The SMILES string of the molecule is CSC(=O)C(=O)/C=C/c1ccccc1. The minimum absolute atomic E-state index is 0.433. The van der Waals surface area contributed by atoms with Crippen LogP contribution < -0.4 is 0 Å². The fraction of sp³-hybridized carbons (Fsp3) is 0.0909. The van der Waals surface area contributed by atoms with E-state index in [4.69, 9.17) is 0 Å². The molecule has 72 valence electrons. The first-order valence-corrected chi connectivity index (χ1v) is 5.32. The van der Waals surface area contributed by atoms with Crippen molar-refractivity contribution < 1.29 is 9.59 Å². The van der Waals surface area contributed by atoms with Gasteiger partial charge in [0.1, 0.15) is 0 Å².